The van der Waals surface area contributed by atoms with Gasteiger partial charge in [0.1, 0.15) is 29.5 Å². The summed E-state index contributed by atoms with van der Waals surface area (Å²) in [6.45, 7) is 5.82. The summed E-state index contributed by atoms with van der Waals surface area (Å²) >= 11 is 5.93. The molecule has 158 valence electrons. The molecule has 1 N–H and O–H groups in total. The third kappa shape index (κ3) is 4.80. The molecule has 30 heavy (non-hydrogen) atoms. The van der Waals surface area contributed by atoms with E-state index in [1.807, 2.05) is 6.92 Å². The summed E-state index contributed by atoms with van der Waals surface area (Å²) in [5, 5.41) is 18.6. The molecule has 0 saturated heterocycles. The molecule has 9 nitrogen and oxygen atoms in total. The van der Waals surface area contributed by atoms with Crippen LogP contribution in [-0.4, -0.2) is 27.2 Å². The van der Waals surface area contributed by atoms with Crippen LogP contribution in [-0.2, 0) is 13.2 Å². The first-order valence-electron chi connectivity index (χ1n) is 9.20. The van der Waals surface area contributed by atoms with Gasteiger partial charge in [-0.3, -0.25) is 19.6 Å². The number of hydrogen-bond donors (Lipinski definition) is 1. The van der Waals surface area contributed by atoms with Crippen molar-refractivity contribution in [2.24, 2.45) is 0 Å². The molecule has 0 aliphatic rings. The average Bonchev–Trinajstić information content (AvgIpc) is 3.25. The van der Waals surface area contributed by atoms with Gasteiger partial charge in [0, 0.05) is 11.6 Å². The topological polar surface area (TPSA) is 112 Å². The van der Waals surface area contributed by atoms with E-state index < -0.39 is 4.92 Å². The van der Waals surface area contributed by atoms with Gasteiger partial charge in [-0.2, -0.15) is 5.10 Å². The standard InChI is InChI=1S/C20H21ClN4O5/c1-12-10-15(21)4-6-17(12)29-11-16-5-7-18(30-16)20(26)22-8-9-24-14(3)19(25(27)28)13(2)23-24/h4-7,10H,8-9,11H2,1-3H3,(H,22,26). The van der Waals surface area contributed by atoms with Crippen molar-refractivity contribution in [2.45, 2.75) is 33.9 Å². The van der Waals surface area contributed by atoms with Crippen LogP contribution in [0.2, 0.25) is 5.02 Å². The molecular formula is C20H21ClN4O5. The van der Waals surface area contributed by atoms with E-state index in [-0.39, 0.29) is 30.5 Å². The molecule has 0 unspecified atom stereocenters. The Hall–Kier alpha value is -3.33. The molecule has 1 amide bonds. The lowest BCUT2D eigenvalue weighted by atomic mass is 10.2. The summed E-state index contributed by atoms with van der Waals surface area (Å²) in [5.74, 6) is 0.949. The zero-order valence-corrected chi connectivity index (χ0v) is 17.5. The van der Waals surface area contributed by atoms with E-state index in [9.17, 15) is 14.9 Å². The fourth-order valence-electron chi connectivity index (χ4n) is 3.03. The van der Waals surface area contributed by atoms with E-state index in [2.05, 4.69) is 10.4 Å². The van der Waals surface area contributed by atoms with Gasteiger partial charge in [0.05, 0.1) is 11.5 Å². The maximum atomic E-state index is 12.3. The van der Waals surface area contributed by atoms with Gasteiger partial charge in [-0.05, 0) is 56.7 Å². The quantitative estimate of drug-likeness (QED) is 0.425. The number of halogens is 1. The van der Waals surface area contributed by atoms with Crippen LogP contribution in [0.25, 0.3) is 0 Å². The number of carbonyl (C=O) groups excluding carboxylic acids is 1. The Bertz CT molecular complexity index is 1090. The number of rotatable bonds is 8. The minimum Gasteiger partial charge on any atom is -0.485 e. The lowest BCUT2D eigenvalue weighted by Crippen LogP contribution is -2.27. The molecule has 10 heteroatoms. The molecule has 0 aliphatic carbocycles. The first-order chi connectivity index (χ1) is 14.3. The average molecular weight is 433 g/mol. The van der Waals surface area contributed by atoms with Crippen LogP contribution in [0.4, 0.5) is 5.69 Å². The molecule has 0 saturated carbocycles. The van der Waals surface area contributed by atoms with Gasteiger partial charge in [0.2, 0.25) is 0 Å². The predicted molar refractivity (Wildman–Crippen MR) is 110 cm³/mol. The van der Waals surface area contributed by atoms with E-state index >= 15 is 0 Å². The number of nitrogens with one attached hydrogen (secondary N) is 1. The van der Waals surface area contributed by atoms with Gasteiger partial charge < -0.3 is 14.5 Å². The number of aryl methyl sites for hydroxylation is 2. The largest absolute Gasteiger partial charge is 0.485 e. The lowest BCUT2D eigenvalue weighted by Gasteiger charge is -2.08. The smallest absolute Gasteiger partial charge is 0.312 e. The molecule has 0 atom stereocenters. The van der Waals surface area contributed by atoms with Gasteiger partial charge >= 0.3 is 5.69 Å². The van der Waals surface area contributed by atoms with E-state index in [1.54, 1.807) is 44.2 Å². The van der Waals surface area contributed by atoms with Crippen LogP contribution in [0.5, 0.6) is 5.75 Å². The van der Waals surface area contributed by atoms with Gasteiger partial charge in [0.25, 0.3) is 5.91 Å². The lowest BCUT2D eigenvalue weighted by molar-refractivity contribution is -0.386. The molecule has 1 aromatic carbocycles. The van der Waals surface area contributed by atoms with Crippen molar-refractivity contribution in [1.29, 1.82) is 0 Å². The summed E-state index contributed by atoms with van der Waals surface area (Å²) < 4.78 is 12.7. The van der Waals surface area contributed by atoms with Crippen LogP contribution in [0.3, 0.4) is 0 Å². The fourth-order valence-corrected chi connectivity index (χ4v) is 3.26. The molecule has 3 rings (SSSR count). The molecule has 2 heterocycles. The van der Waals surface area contributed by atoms with Crippen LogP contribution >= 0.6 is 11.6 Å². The third-order valence-electron chi connectivity index (χ3n) is 4.53. The Morgan fingerprint density at radius 3 is 2.73 bits per heavy atom. The zero-order valence-electron chi connectivity index (χ0n) is 16.8. The second kappa shape index (κ2) is 9.00. The number of nitrogens with zero attached hydrogens (tertiary/aromatic N) is 3. The first kappa shape index (κ1) is 21.4. The SMILES string of the molecule is Cc1cc(Cl)ccc1OCc1ccc(C(=O)NCCn2nc(C)c([N+](=O)[O-])c2C)o1. The second-order valence-corrected chi connectivity index (χ2v) is 7.16. The van der Waals surface area contributed by atoms with Crippen LogP contribution in [0, 0.1) is 30.9 Å². The fraction of sp³-hybridized carbons (Fsp3) is 0.300. The van der Waals surface area contributed by atoms with E-state index in [4.69, 9.17) is 20.8 Å². The van der Waals surface area contributed by atoms with Crippen molar-refractivity contribution >= 4 is 23.2 Å². The van der Waals surface area contributed by atoms with Crippen molar-refractivity contribution in [3.8, 4) is 5.75 Å². The first-order valence-corrected chi connectivity index (χ1v) is 9.58. The van der Waals surface area contributed by atoms with Crippen molar-refractivity contribution < 1.29 is 18.9 Å². The second-order valence-electron chi connectivity index (χ2n) is 6.72. The summed E-state index contributed by atoms with van der Waals surface area (Å²) in [6.07, 6.45) is 0. The Morgan fingerprint density at radius 2 is 2.07 bits per heavy atom. The van der Waals surface area contributed by atoms with Crippen molar-refractivity contribution in [1.82, 2.24) is 15.1 Å². The minimum atomic E-state index is -0.454. The Morgan fingerprint density at radius 1 is 1.30 bits per heavy atom. The van der Waals surface area contributed by atoms with Gasteiger partial charge in [-0.15, -0.1) is 0 Å². The maximum absolute atomic E-state index is 12.3. The number of benzene rings is 1. The number of nitro groups is 1. The highest BCUT2D eigenvalue weighted by molar-refractivity contribution is 6.30. The van der Waals surface area contributed by atoms with Crippen molar-refractivity contribution in [3.05, 3.63) is 73.9 Å². The number of aromatic nitrogens is 2. The van der Waals surface area contributed by atoms with Crippen LogP contribution in [0.1, 0.15) is 33.3 Å². The highest BCUT2D eigenvalue weighted by atomic mass is 35.5. The predicted octanol–water partition coefficient (Wildman–Crippen LogP) is 3.97. The Balaban J connectivity index is 1.53. The Labute approximate surface area is 177 Å². The van der Waals surface area contributed by atoms with Crippen LogP contribution in [0.15, 0.2) is 34.7 Å². The number of ether oxygens (including phenoxy) is 1. The maximum Gasteiger partial charge on any atom is 0.312 e. The molecule has 0 spiro atoms. The molecule has 0 radical (unpaired) electrons. The van der Waals surface area contributed by atoms with E-state index in [0.717, 1.165) is 5.56 Å². The highest BCUT2D eigenvalue weighted by Crippen LogP contribution is 2.23. The zero-order chi connectivity index (χ0) is 21.8. The summed E-state index contributed by atoms with van der Waals surface area (Å²) in [5.41, 5.74) is 1.68. The van der Waals surface area contributed by atoms with Crippen molar-refractivity contribution in [3.63, 3.8) is 0 Å². The molecule has 0 fully saturated rings. The molecule has 0 aliphatic heterocycles. The van der Waals surface area contributed by atoms with E-state index in [0.29, 0.717) is 34.5 Å². The van der Waals surface area contributed by atoms with Crippen LogP contribution < -0.4 is 10.1 Å². The van der Waals surface area contributed by atoms with E-state index in [1.165, 1.54) is 4.68 Å². The summed E-state index contributed by atoms with van der Waals surface area (Å²) in [7, 11) is 0. The minimum absolute atomic E-state index is 0.00655. The molecule has 2 aromatic heterocycles. The molecule has 3 aromatic rings. The van der Waals surface area contributed by atoms with Gasteiger partial charge in [-0.1, -0.05) is 11.6 Å². The number of amides is 1. The van der Waals surface area contributed by atoms with Gasteiger partial charge in [-0.25, -0.2) is 0 Å². The highest BCUT2D eigenvalue weighted by Gasteiger charge is 2.21. The normalized spacial score (nSPS) is 10.8. The van der Waals surface area contributed by atoms with Crippen molar-refractivity contribution in [2.75, 3.05) is 6.54 Å². The monoisotopic (exact) mass is 432 g/mol. The van der Waals surface area contributed by atoms with Gasteiger partial charge in [0.15, 0.2) is 5.76 Å². The Kier molecular flexibility index (Phi) is 6.41. The number of hydrogen-bond acceptors (Lipinski definition) is 6. The molecular weight excluding hydrogens is 412 g/mol. The third-order valence-corrected chi connectivity index (χ3v) is 4.76. The number of furan rings is 1. The summed E-state index contributed by atoms with van der Waals surface area (Å²) in [4.78, 5) is 22.9. The molecule has 0 bridgehead atoms. The number of carbonyl (C=O) groups is 1. The summed E-state index contributed by atoms with van der Waals surface area (Å²) in [6, 6.07) is 8.55.